The molecule has 0 saturated heterocycles. The van der Waals surface area contributed by atoms with Crippen LogP contribution in [-0.2, 0) is 11.3 Å². The maximum Gasteiger partial charge on any atom is 0.373 e. The molecule has 0 amide bonds. The van der Waals surface area contributed by atoms with Crippen LogP contribution in [0.25, 0.3) is 16.7 Å². The molecule has 8 heteroatoms. The summed E-state index contributed by atoms with van der Waals surface area (Å²) in [6, 6.07) is 16.6. The highest BCUT2D eigenvalue weighted by Gasteiger charge is 2.35. The van der Waals surface area contributed by atoms with E-state index in [0.717, 1.165) is 33.5 Å². The second-order valence-corrected chi connectivity index (χ2v) is 10.1. The third-order valence-corrected chi connectivity index (χ3v) is 6.38. The summed E-state index contributed by atoms with van der Waals surface area (Å²) in [5.74, 6) is -0.860. The Bertz CT molecular complexity index is 1520. The van der Waals surface area contributed by atoms with Crippen molar-refractivity contribution in [3.63, 3.8) is 0 Å². The second-order valence-electron chi connectivity index (χ2n) is 9.22. The van der Waals surface area contributed by atoms with Gasteiger partial charge in [0.1, 0.15) is 11.1 Å². The number of aryl methyl sites for hydroxylation is 1. The zero-order valence-corrected chi connectivity index (χ0v) is 20.5. The Morgan fingerprint density at radius 1 is 1.15 bits per heavy atom. The van der Waals surface area contributed by atoms with Crippen molar-refractivity contribution in [2.45, 2.75) is 33.6 Å². The summed E-state index contributed by atoms with van der Waals surface area (Å²) in [5.41, 5.74) is 3.59. The van der Waals surface area contributed by atoms with E-state index in [-0.39, 0.29) is 11.0 Å². The van der Waals surface area contributed by atoms with Gasteiger partial charge in [0.2, 0.25) is 0 Å². The zero-order chi connectivity index (χ0) is 24.0. The fourth-order valence-electron chi connectivity index (χ4n) is 4.41. The van der Waals surface area contributed by atoms with Crippen LogP contribution >= 0.6 is 15.9 Å². The Balaban J connectivity index is 1.52. The number of rotatable bonds is 3. The molecule has 0 saturated carbocycles. The minimum absolute atomic E-state index is 0.120. The number of fused-ring (bicyclic) bond motifs is 2. The number of halogens is 1. The van der Waals surface area contributed by atoms with Crippen molar-refractivity contribution < 1.29 is 14.0 Å². The first-order chi connectivity index (χ1) is 16.2. The van der Waals surface area contributed by atoms with E-state index in [2.05, 4.69) is 34.9 Å². The van der Waals surface area contributed by atoms with Gasteiger partial charge in [0, 0.05) is 15.4 Å². The SMILES string of the molecule is Cc1nn(-c2ccccc2)c2c1/C(=N/OC(=O)c1cc3cc(Br)ccc3oc1=O)CC(C)(C)C2. The van der Waals surface area contributed by atoms with Crippen LogP contribution in [0.5, 0.6) is 0 Å². The first kappa shape index (κ1) is 22.3. The molecule has 0 radical (unpaired) electrons. The lowest BCUT2D eigenvalue weighted by atomic mass is 9.75. The number of nitrogens with zero attached hydrogens (tertiary/aromatic N) is 3. The van der Waals surface area contributed by atoms with Crippen molar-refractivity contribution in [2.75, 3.05) is 0 Å². The summed E-state index contributed by atoms with van der Waals surface area (Å²) in [4.78, 5) is 30.5. The molecule has 0 N–H and O–H groups in total. The molecule has 1 aliphatic rings. The van der Waals surface area contributed by atoms with Crippen molar-refractivity contribution in [1.29, 1.82) is 0 Å². The predicted octanol–water partition coefficient (Wildman–Crippen LogP) is 5.58. The van der Waals surface area contributed by atoms with Crippen LogP contribution < -0.4 is 5.63 Å². The first-order valence-electron chi connectivity index (χ1n) is 10.9. The molecule has 5 rings (SSSR count). The van der Waals surface area contributed by atoms with Gasteiger partial charge in [-0.25, -0.2) is 14.3 Å². The molecule has 0 aliphatic heterocycles. The Morgan fingerprint density at radius 2 is 1.91 bits per heavy atom. The lowest BCUT2D eigenvalue weighted by Gasteiger charge is -2.30. The van der Waals surface area contributed by atoms with Gasteiger partial charge in [-0.1, -0.05) is 53.1 Å². The van der Waals surface area contributed by atoms with Gasteiger partial charge in [0.15, 0.2) is 0 Å². The van der Waals surface area contributed by atoms with E-state index >= 15 is 0 Å². The van der Waals surface area contributed by atoms with Gasteiger partial charge in [-0.3, -0.25) is 0 Å². The largest absolute Gasteiger partial charge is 0.422 e. The van der Waals surface area contributed by atoms with Crippen LogP contribution in [0, 0.1) is 12.3 Å². The van der Waals surface area contributed by atoms with Gasteiger partial charge in [-0.2, -0.15) is 5.10 Å². The van der Waals surface area contributed by atoms with E-state index in [9.17, 15) is 9.59 Å². The molecule has 1 aliphatic carbocycles. The van der Waals surface area contributed by atoms with E-state index in [1.807, 2.05) is 41.9 Å². The number of para-hydroxylation sites is 1. The quantitative estimate of drug-likeness (QED) is 0.200. The van der Waals surface area contributed by atoms with Crippen molar-refractivity contribution in [3.8, 4) is 5.69 Å². The Morgan fingerprint density at radius 3 is 2.68 bits per heavy atom. The lowest BCUT2D eigenvalue weighted by Crippen LogP contribution is -2.29. The molecule has 34 heavy (non-hydrogen) atoms. The van der Waals surface area contributed by atoms with E-state index in [1.54, 1.807) is 18.2 Å². The van der Waals surface area contributed by atoms with E-state index in [0.29, 0.717) is 23.1 Å². The first-order valence-corrected chi connectivity index (χ1v) is 11.7. The normalized spacial score (nSPS) is 15.9. The molecule has 7 nitrogen and oxygen atoms in total. The third kappa shape index (κ3) is 4.09. The molecular weight excluding hydrogens is 498 g/mol. The number of aromatic nitrogens is 2. The number of carbonyl (C=O) groups is 1. The summed E-state index contributed by atoms with van der Waals surface area (Å²) in [6.07, 6.45) is 1.40. The van der Waals surface area contributed by atoms with Gasteiger partial charge in [-0.15, -0.1) is 0 Å². The monoisotopic (exact) mass is 519 g/mol. The van der Waals surface area contributed by atoms with Gasteiger partial charge >= 0.3 is 11.6 Å². The number of hydrogen-bond acceptors (Lipinski definition) is 6. The molecule has 2 aromatic heterocycles. The van der Waals surface area contributed by atoms with Crippen molar-refractivity contribution in [2.24, 2.45) is 10.6 Å². The van der Waals surface area contributed by atoms with Crippen molar-refractivity contribution >= 4 is 38.6 Å². The Kier molecular flexibility index (Phi) is 5.48. The number of oxime groups is 1. The highest BCUT2D eigenvalue weighted by molar-refractivity contribution is 9.10. The third-order valence-electron chi connectivity index (χ3n) is 5.89. The van der Waals surface area contributed by atoms with Crippen LogP contribution in [0.3, 0.4) is 0 Å². The average Bonchev–Trinajstić information content (AvgIpc) is 3.12. The van der Waals surface area contributed by atoms with Gasteiger partial charge in [-0.05, 0) is 61.6 Å². The molecule has 4 aromatic rings. The van der Waals surface area contributed by atoms with Crippen LogP contribution in [0.1, 0.15) is 47.6 Å². The van der Waals surface area contributed by atoms with Gasteiger partial charge in [0.05, 0.1) is 22.8 Å². The minimum atomic E-state index is -0.860. The Labute approximate surface area is 204 Å². The molecule has 0 unspecified atom stereocenters. The molecule has 0 fully saturated rings. The molecule has 2 heterocycles. The number of carbonyl (C=O) groups excluding carboxylic acids is 1. The molecule has 0 atom stereocenters. The minimum Gasteiger partial charge on any atom is -0.422 e. The number of benzene rings is 2. The maximum absolute atomic E-state index is 12.8. The van der Waals surface area contributed by atoms with E-state index in [1.165, 1.54) is 6.07 Å². The van der Waals surface area contributed by atoms with Crippen molar-refractivity contribution in [1.82, 2.24) is 9.78 Å². The van der Waals surface area contributed by atoms with Crippen LogP contribution in [-0.4, -0.2) is 21.5 Å². The molecule has 0 bridgehead atoms. The fourth-order valence-corrected chi connectivity index (χ4v) is 4.79. The predicted molar refractivity (Wildman–Crippen MR) is 133 cm³/mol. The van der Waals surface area contributed by atoms with Gasteiger partial charge in [0.25, 0.3) is 0 Å². The van der Waals surface area contributed by atoms with E-state index < -0.39 is 11.6 Å². The summed E-state index contributed by atoms with van der Waals surface area (Å²) in [6.45, 7) is 6.20. The summed E-state index contributed by atoms with van der Waals surface area (Å²) >= 11 is 3.38. The highest BCUT2D eigenvalue weighted by atomic mass is 79.9. The zero-order valence-electron chi connectivity index (χ0n) is 19.0. The summed E-state index contributed by atoms with van der Waals surface area (Å²) in [7, 11) is 0. The molecule has 0 spiro atoms. The topological polar surface area (TPSA) is 86.7 Å². The summed E-state index contributed by atoms with van der Waals surface area (Å²) in [5, 5.41) is 9.58. The van der Waals surface area contributed by atoms with Crippen molar-refractivity contribution in [3.05, 3.63) is 92.0 Å². The summed E-state index contributed by atoms with van der Waals surface area (Å²) < 4.78 is 8.01. The van der Waals surface area contributed by atoms with E-state index in [4.69, 9.17) is 14.4 Å². The molecule has 2 aromatic carbocycles. The lowest BCUT2D eigenvalue weighted by molar-refractivity contribution is 0.0509. The maximum atomic E-state index is 12.8. The molecule has 172 valence electrons. The average molecular weight is 520 g/mol. The Hall–Kier alpha value is -3.52. The highest BCUT2D eigenvalue weighted by Crippen LogP contribution is 2.37. The van der Waals surface area contributed by atoms with Gasteiger partial charge < -0.3 is 9.25 Å². The fraction of sp³-hybridized carbons (Fsp3) is 0.231. The van der Waals surface area contributed by atoms with Crippen LogP contribution in [0.2, 0.25) is 0 Å². The van der Waals surface area contributed by atoms with Crippen LogP contribution in [0.15, 0.2) is 73.4 Å². The number of hydrogen-bond donors (Lipinski definition) is 0. The molecular formula is C26H22BrN3O4. The second kappa shape index (κ2) is 8.36. The standard InChI is InChI=1S/C26H22BrN3O4/c1-15-23-20(13-26(2,3)14-21(23)30(28-15)18-7-5-4-6-8-18)29-34-25(32)19-12-16-11-17(27)9-10-22(16)33-24(19)31/h4-12H,13-14H2,1-3H3/b29-20+. The van der Waals surface area contributed by atoms with Crippen LogP contribution in [0.4, 0.5) is 0 Å². The smallest absolute Gasteiger partial charge is 0.373 e.